The highest BCUT2D eigenvalue weighted by Crippen LogP contribution is 2.33. The maximum absolute atomic E-state index is 2.32. The van der Waals surface area contributed by atoms with Crippen molar-refractivity contribution in [2.75, 3.05) is 0 Å². The number of thioether (sulfide) groups is 2. The molecule has 2 rings (SSSR count). The Morgan fingerprint density at radius 2 is 1.48 bits per heavy atom. The van der Waals surface area contributed by atoms with Gasteiger partial charge in [-0.3, -0.25) is 0 Å². The predicted molar refractivity (Wildman–Crippen MR) is 96.8 cm³/mol. The molecule has 0 N–H and O–H groups in total. The molecule has 0 aliphatic carbocycles. The fourth-order valence-corrected chi connectivity index (χ4v) is 3.83. The lowest BCUT2D eigenvalue weighted by molar-refractivity contribution is 0.726. The van der Waals surface area contributed by atoms with E-state index in [-0.39, 0.29) is 0 Å². The summed E-state index contributed by atoms with van der Waals surface area (Å²) in [6, 6.07) is 21.2. The molecule has 0 amide bonds. The van der Waals surface area contributed by atoms with E-state index < -0.39 is 0 Å². The van der Waals surface area contributed by atoms with Crippen LogP contribution in [0.2, 0.25) is 0 Å². The average Bonchev–Trinajstić information content (AvgIpc) is 2.54. The molecule has 2 aromatic carbocycles. The van der Waals surface area contributed by atoms with E-state index in [1.165, 1.54) is 40.4 Å². The summed E-state index contributed by atoms with van der Waals surface area (Å²) in [6.07, 6.45) is 5.03. The number of allylic oxidation sites excluding steroid dienone is 1. The first-order valence-electron chi connectivity index (χ1n) is 7.52. The van der Waals surface area contributed by atoms with Gasteiger partial charge in [0.15, 0.2) is 0 Å². The van der Waals surface area contributed by atoms with Crippen molar-refractivity contribution in [1.29, 1.82) is 0 Å². The Morgan fingerprint density at radius 3 is 2.10 bits per heavy atom. The molecule has 110 valence electrons. The first-order chi connectivity index (χ1) is 10.4. The second-order valence-electron chi connectivity index (χ2n) is 4.89. The lowest BCUT2D eigenvalue weighted by Gasteiger charge is -2.07. The van der Waals surface area contributed by atoms with Crippen molar-refractivity contribution in [3.63, 3.8) is 0 Å². The van der Waals surface area contributed by atoms with E-state index in [9.17, 15) is 0 Å². The molecule has 0 bridgehead atoms. The van der Waals surface area contributed by atoms with Crippen LogP contribution < -0.4 is 0 Å². The minimum Gasteiger partial charge on any atom is -0.0972 e. The van der Waals surface area contributed by atoms with E-state index in [1.54, 1.807) is 0 Å². The van der Waals surface area contributed by atoms with Gasteiger partial charge in [0, 0.05) is 9.79 Å². The van der Waals surface area contributed by atoms with Crippen molar-refractivity contribution in [1.82, 2.24) is 0 Å². The Morgan fingerprint density at radius 1 is 0.857 bits per heavy atom. The molecule has 0 radical (unpaired) electrons. The number of rotatable bonds is 8. The first-order valence-corrected chi connectivity index (χ1v) is 9.21. The van der Waals surface area contributed by atoms with Crippen molar-refractivity contribution in [3.05, 3.63) is 71.0 Å². The Balaban J connectivity index is 2.00. The third kappa shape index (κ3) is 6.45. The summed E-state index contributed by atoms with van der Waals surface area (Å²) in [5.41, 5.74) is 0. The zero-order valence-electron chi connectivity index (χ0n) is 12.5. The van der Waals surface area contributed by atoms with Crippen LogP contribution >= 0.6 is 23.5 Å². The van der Waals surface area contributed by atoms with Gasteiger partial charge in [-0.25, -0.2) is 0 Å². The fraction of sp³-hybridized carbons (Fsp3) is 0.263. The minimum atomic E-state index is 1.17. The third-order valence-electron chi connectivity index (χ3n) is 3.09. The lowest BCUT2D eigenvalue weighted by Crippen LogP contribution is -1.81. The molecule has 0 aliphatic heterocycles. The molecule has 0 saturated heterocycles. The normalized spacial score (nSPS) is 11.6. The molecule has 0 nitrogen and oxygen atoms in total. The zero-order chi connectivity index (χ0) is 14.8. The minimum absolute atomic E-state index is 1.17. The molecule has 0 fully saturated rings. The molecule has 0 atom stereocenters. The van der Waals surface area contributed by atoms with Crippen LogP contribution in [0, 0.1) is 0 Å². The number of hydrogen-bond acceptors (Lipinski definition) is 2. The van der Waals surface area contributed by atoms with Gasteiger partial charge in [-0.1, -0.05) is 79.7 Å². The molecular formula is C19H22S2. The van der Waals surface area contributed by atoms with Gasteiger partial charge in [-0.15, -0.1) is 0 Å². The van der Waals surface area contributed by atoms with Gasteiger partial charge in [0.1, 0.15) is 0 Å². The summed E-state index contributed by atoms with van der Waals surface area (Å²) in [7, 11) is 0. The molecular weight excluding hydrogens is 292 g/mol. The zero-order valence-corrected chi connectivity index (χ0v) is 14.1. The van der Waals surface area contributed by atoms with Crippen LogP contribution in [0.5, 0.6) is 0 Å². The Bertz CT molecular complexity index is 532. The summed E-state index contributed by atoms with van der Waals surface area (Å²) in [5, 5.41) is 2.32. The van der Waals surface area contributed by atoms with Gasteiger partial charge in [-0.05, 0) is 47.4 Å². The van der Waals surface area contributed by atoms with Gasteiger partial charge < -0.3 is 0 Å². The van der Waals surface area contributed by atoms with Crippen LogP contribution in [-0.4, -0.2) is 0 Å². The highest BCUT2D eigenvalue weighted by atomic mass is 32.2. The summed E-state index contributed by atoms with van der Waals surface area (Å²) >= 11 is 3.72. The summed E-state index contributed by atoms with van der Waals surface area (Å²) in [6.45, 7) is 2.26. The van der Waals surface area contributed by atoms with Crippen molar-refractivity contribution in [2.24, 2.45) is 0 Å². The monoisotopic (exact) mass is 314 g/mol. The highest BCUT2D eigenvalue weighted by Gasteiger charge is 2.02. The molecule has 21 heavy (non-hydrogen) atoms. The van der Waals surface area contributed by atoms with Gasteiger partial charge in [0.05, 0.1) is 0 Å². The van der Waals surface area contributed by atoms with Crippen LogP contribution in [0.15, 0.2) is 80.8 Å². The molecule has 0 aliphatic rings. The smallest absolute Gasteiger partial charge is 0.0119 e. The lowest BCUT2D eigenvalue weighted by atomic mass is 10.2. The Labute approximate surface area is 137 Å². The van der Waals surface area contributed by atoms with Crippen molar-refractivity contribution in [2.45, 2.75) is 42.4 Å². The molecule has 0 saturated carbocycles. The number of hydrogen-bond donors (Lipinski definition) is 0. The van der Waals surface area contributed by atoms with Gasteiger partial charge in [0.25, 0.3) is 0 Å². The van der Waals surface area contributed by atoms with Crippen molar-refractivity contribution >= 4 is 23.5 Å². The maximum atomic E-state index is 2.32. The van der Waals surface area contributed by atoms with Gasteiger partial charge >= 0.3 is 0 Å². The molecule has 2 heteroatoms. The first kappa shape index (κ1) is 16.3. The summed E-state index contributed by atoms with van der Waals surface area (Å²) in [4.78, 5) is 4.09. The predicted octanol–water partition coefficient (Wildman–Crippen LogP) is 6.99. The Kier molecular flexibility index (Phi) is 7.55. The van der Waals surface area contributed by atoms with E-state index in [2.05, 4.69) is 73.0 Å². The van der Waals surface area contributed by atoms with Crippen molar-refractivity contribution < 1.29 is 0 Å². The summed E-state index contributed by atoms with van der Waals surface area (Å²) in [5.74, 6) is 0. The standard InChI is InChI=1S/C19H22S2/c1-2-3-6-15-19(21-18-13-9-5-10-14-18)16-20-17-11-7-4-8-12-17/h4-5,7-14,16H,2-3,6,15H2,1H3. The average molecular weight is 315 g/mol. The van der Waals surface area contributed by atoms with Crippen LogP contribution in [-0.2, 0) is 0 Å². The van der Waals surface area contributed by atoms with Crippen LogP contribution in [0.25, 0.3) is 0 Å². The van der Waals surface area contributed by atoms with E-state index in [1.807, 2.05) is 23.5 Å². The SMILES string of the molecule is CCCCCC(=CSc1ccccc1)Sc1ccccc1. The second kappa shape index (κ2) is 9.75. The van der Waals surface area contributed by atoms with E-state index in [0.29, 0.717) is 0 Å². The number of unbranched alkanes of at least 4 members (excludes halogenated alkanes) is 2. The Hall–Kier alpha value is -1.12. The second-order valence-corrected chi connectivity index (χ2v) is 7.03. The quantitative estimate of drug-likeness (QED) is 0.380. The number of benzene rings is 2. The third-order valence-corrected chi connectivity index (χ3v) is 5.28. The molecule has 0 heterocycles. The van der Waals surface area contributed by atoms with Gasteiger partial charge in [0.2, 0.25) is 0 Å². The summed E-state index contributed by atoms with van der Waals surface area (Å²) < 4.78 is 0. The van der Waals surface area contributed by atoms with E-state index >= 15 is 0 Å². The van der Waals surface area contributed by atoms with Gasteiger partial charge in [-0.2, -0.15) is 0 Å². The van der Waals surface area contributed by atoms with Crippen LogP contribution in [0.1, 0.15) is 32.6 Å². The topological polar surface area (TPSA) is 0 Å². The highest BCUT2D eigenvalue weighted by molar-refractivity contribution is 8.06. The fourth-order valence-electron chi connectivity index (χ4n) is 1.96. The van der Waals surface area contributed by atoms with E-state index in [0.717, 1.165) is 0 Å². The largest absolute Gasteiger partial charge is 0.0972 e. The van der Waals surface area contributed by atoms with Crippen LogP contribution in [0.3, 0.4) is 0 Å². The molecule has 0 aromatic heterocycles. The molecule has 0 unspecified atom stereocenters. The van der Waals surface area contributed by atoms with Crippen molar-refractivity contribution in [3.8, 4) is 0 Å². The molecule has 0 spiro atoms. The molecule has 2 aromatic rings. The van der Waals surface area contributed by atoms with Crippen LogP contribution in [0.4, 0.5) is 0 Å². The maximum Gasteiger partial charge on any atom is 0.0119 e. The van der Waals surface area contributed by atoms with E-state index in [4.69, 9.17) is 0 Å².